The Bertz CT molecular complexity index is 1170. The molecule has 0 unspecified atom stereocenters. The Morgan fingerprint density at radius 1 is 1.10 bits per heavy atom. The van der Waals surface area contributed by atoms with E-state index in [0.29, 0.717) is 33.4 Å². The van der Waals surface area contributed by atoms with Gasteiger partial charge in [-0.1, -0.05) is 73.1 Å². The van der Waals surface area contributed by atoms with E-state index in [1.807, 2.05) is 69.3 Å². The molecule has 3 nitrogen and oxygen atoms in total. The summed E-state index contributed by atoms with van der Waals surface area (Å²) in [5.41, 5.74) is 0.879. The van der Waals surface area contributed by atoms with E-state index >= 15 is 0 Å². The van der Waals surface area contributed by atoms with E-state index in [1.165, 1.54) is 23.1 Å². The summed E-state index contributed by atoms with van der Waals surface area (Å²) < 4.78 is 6.76. The third-order valence-electron chi connectivity index (χ3n) is 4.96. The molecule has 154 valence electrons. The molecule has 30 heavy (non-hydrogen) atoms. The third kappa shape index (κ3) is 4.34. The van der Waals surface area contributed by atoms with Crippen molar-refractivity contribution < 1.29 is 14.3 Å². The van der Waals surface area contributed by atoms with E-state index in [-0.39, 0.29) is 11.2 Å². The summed E-state index contributed by atoms with van der Waals surface area (Å²) in [6.07, 6.45) is 0.938. The molecule has 1 aliphatic rings. The van der Waals surface area contributed by atoms with Crippen LogP contribution < -0.4 is 0 Å². The number of halogens is 1. The van der Waals surface area contributed by atoms with Crippen LogP contribution in [0.25, 0.3) is 10.1 Å². The summed E-state index contributed by atoms with van der Waals surface area (Å²) in [7, 11) is 0. The second kappa shape index (κ2) is 8.22. The van der Waals surface area contributed by atoms with Crippen LogP contribution in [0.15, 0.2) is 64.1 Å². The van der Waals surface area contributed by atoms with Crippen LogP contribution in [-0.4, -0.2) is 11.8 Å². The molecule has 1 heterocycles. The zero-order valence-electron chi connectivity index (χ0n) is 17.0. The molecule has 3 aromatic rings. The number of esters is 1. The lowest BCUT2D eigenvalue weighted by molar-refractivity contribution is -0.117. The Balaban J connectivity index is 1.69. The summed E-state index contributed by atoms with van der Waals surface area (Å²) in [6.45, 7) is 6.04. The van der Waals surface area contributed by atoms with Gasteiger partial charge in [0.25, 0.3) is 0 Å². The van der Waals surface area contributed by atoms with Crippen LogP contribution in [0.1, 0.15) is 41.9 Å². The summed E-state index contributed by atoms with van der Waals surface area (Å²) in [6, 6.07) is 15.6. The zero-order chi connectivity index (χ0) is 21.5. The first kappa shape index (κ1) is 21.2. The van der Waals surface area contributed by atoms with Gasteiger partial charge in [-0.3, -0.25) is 4.79 Å². The lowest BCUT2D eigenvalue weighted by Gasteiger charge is -2.31. The first-order valence-corrected chi connectivity index (χ1v) is 11.6. The number of ether oxygens (including phenoxy) is 1. The fraction of sp³-hybridized carbons (Fsp3) is 0.250. The van der Waals surface area contributed by atoms with Crippen molar-refractivity contribution in [1.82, 2.24) is 0 Å². The number of hydrogen-bond acceptors (Lipinski definition) is 5. The zero-order valence-corrected chi connectivity index (χ0v) is 19.3. The summed E-state index contributed by atoms with van der Waals surface area (Å²) in [5, 5.41) is 1.23. The van der Waals surface area contributed by atoms with E-state index in [4.69, 9.17) is 16.3 Å². The van der Waals surface area contributed by atoms with Crippen molar-refractivity contribution >= 4 is 56.5 Å². The highest BCUT2D eigenvalue weighted by atomic mass is 35.5. The van der Waals surface area contributed by atoms with Crippen molar-refractivity contribution in [3.05, 3.63) is 74.7 Å². The number of hydrogen-bond donors (Lipinski definition) is 0. The molecule has 0 bridgehead atoms. The maximum absolute atomic E-state index is 13.0. The molecule has 1 aliphatic carbocycles. The SMILES string of the molecule is Cc1ccc(SC2=C(OC(=O)c3sc4ccccc4c3Cl)CC(C)(C)CC2=O)cc1. The molecule has 6 heteroatoms. The van der Waals surface area contributed by atoms with E-state index in [2.05, 4.69) is 0 Å². The maximum Gasteiger partial charge on any atom is 0.355 e. The number of rotatable bonds is 4. The number of thioether (sulfide) groups is 1. The average molecular weight is 457 g/mol. The number of carbonyl (C=O) groups is 2. The van der Waals surface area contributed by atoms with Gasteiger partial charge >= 0.3 is 5.97 Å². The highest BCUT2D eigenvalue weighted by Gasteiger charge is 2.36. The molecule has 0 radical (unpaired) electrons. The van der Waals surface area contributed by atoms with Gasteiger partial charge in [-0.05, 0) is 30.5 Å². The van der Waals surface area contributed by atoms with Gasteiger partial charge in [0, 0.05) is 27.8 Å². The van der Waals surface area contributed by atoms with Crippen LogP contribution >= 0.6 is 34.7 Å². The fourth-order valence-electron chi connectivity index (χ4n) is 3.47. The molecule has 0 spiro atoms. The Labute approximate surface area is 189 Å². The molecule has 0 N–H and O–H groups in total. The van der Waals surface area contributed by atoms with Crippen LogP contribution in [0.3, 0.4) is 0 Å². The van der Waals surface area contributed by atoms with Crippen LogP contribution in [0, 0.1) is 12.3 Å². The summed E-state index contributed by atoms with van der Waals surface area (Å²) in [4.78, 5) is 27.7. The van der Waals surface area contributed by atoms with Gasteiger partial charge in [-0.2, -0.15) is 0 Å². The predicted octanol–water partition coefficient (Wildman–Crippen LogP) is 7.41. The van der Waals surface area contributed by atoms with Crippen molar-refractivity contribution in [3.8, 4) is 0 Å². The Morgan fingerprint density at radius 2 is 1.80 bits per heavy atom. The van der Waals surface area contributed by atoms with Gasteiger partial charge in [0.05, 0.1) is 9.93 Å². The molecule has 0 fully saturated rings. The van der Waals surface area contributed by atoms with Crippen molar-refractivity contribution in [3.63, 3.8) is 0 Å². The van der Waals surface area contributed by atoms with Crippen molar-refractivity contribution in [1.29, 1.82) is 0 Å². The minimum atomic E-state index is -0.510. The molecule has 4 rings (SSSR count). The minimum absolute atomic E-state index is 0.00191. The third-order valence-corrected chi connectivity index (χ3v) is 7.78. The minimum Gasteiger partial charge on any atom is -0.425 e. The van der Waals surface area contributed by atoms with Crippen LogP contribution in [0.4, 0.5) is 0 Å². The lowest BCUT2D eigenvalue weighted by Crippen LogP contribution is -2.26. The highest BCUT2D eigenvalue weighted by molar-refractivity contribution is 8.04. The molecule has 0 aliphatic heterocycles. The Hall–Kier alpha value is -2.08. The molecule has 0 amide bonds. The number of carbonyl (C=O) groups excluding carboxylic acids is 2. The fourth-order valence-corrected chi connectivity index (χ4v) is 5.78. The number of benzene rings is 2. The number of allylic oxidation sites excluding steroid dienone is 2. The van der Waals surface area contributed by atoms with Crippen LogP contribution in [-0.2, 0) is 9.53 Å². The number of aryl methyl sites for hydroxylation is 1. The molecule has 0 atom stereocenters. The average Bonchev–Trinajstić information content (AvgIpc) is 3.02. The van der Waals surface area contributed by atoms with Crippen molar-refractivity contribution in [2.75, 3.05) is 0 Å². The first-order chi connectivity index (χ1) is 14.2. The molecular weight excluding hydrogens is 436 g/mol. The number of ketones is 1. The number of Topliss-reactive ketones (excluding diaryl/α,β-unsaturated/α-hetero) is 1. The van der Waals surface area contributed by atoms with Crippen LogP contribution in [0.5, 0.6) is 0 Å². The molecule has 0 saturated carbocycles. The van der Waals surface area contributed by atoms with Crippen LogP contribution in [0.2, 0.25) is 5.02 Å². The Morgan fingerprint density at radius 3 is 2.50 bits per heavy atom. The summed E-state index contributed by atoms with van der Waals surface area (Å²) >= 11 is 9.12. The standard InChI is InChI=1S/C24H21ClO3S2/c1-14-8-10-15(11-9-14)29-21-17(26)12-24(2,3)13-18(21)28-23(27)22-20(25)16-6-4-5-7-19(16)30-22/h4-11H,12-13H2,1-3H3. The normalized spacial score (nSPS) is 16.2. The number of thiophene rings is 1. The molecule has 0 saturated heterocycles. The first-order valence-electron chi connectivity index (χ1n) is 9.63. The van der Waals surface area contributed by atoms with Gasteiger partial charge in [0.15, 0.2) is 5.78 Å². The maximum atomic E-state index is 13.0. The van der Waals surface area contributed by atoms with E-state index in [0.717, 1.165) is 20.5 Å². The van der Waals surface area contributed by atoms with Gasteiger partial charge in [0.1, 0.15) is 10.6 Å². The van der Waals surface area contributed by atoms with Crippen molar-refractivity contribution in [2.45, 2.75) is 38.5 Å². The second-order valence-corrected chi connectivity index (χ2v) is 10.8. The molecule has 1 aromatic heterocycles. The largest absolute Gasteiger partial charge is 0.425 e. The van der Waals surface area contributed by atoms with Gasteiger partial charge < -0.3 is 4.74 Å². The summed E-state index contributed by atoms with van der Waals surface area (Å²) in [5.74, 6) is -0.0777. The van der Waals surface area contributed by atoms with E-state index < -0.39 is 5.97 Å². The topological polar surface area (TPSA) is 43.4 Å². The lowest BCUT2D eigenvalue weighted by atomic mass is 9.79. The van der Waals surface area contributed by atoms with Gasteiger partial charge in [0.2, 0.25) is 0 Å². The second-order valence-electron chi connectivity index (χ2n) is 8.24. The molecular formula is C24H21ClO3S2. The van der Waals surface area contributed by atoms with Gasteiger partial charge in [-0.25, -0.2) is 4.79 Å². The smallest absolute Gasteiger partial charge is 0.355 e. The quantitative estimate of drug-likeness (QED) is 0.383. The van der Waals surface area contributed by atoms with Crippen molar-refractivity contribution in [2.24, 2.45) is 5.41 Å². The Kier molecular flexibility index (Phi) is 5.80. The molecule has 2 aromatic carbocycles. The van der Waals surface area contributed by atoms with Gasteiger partial charge in [-0.15, -0.1) is 11.3 Å². The number of fused-ring (bicyclic) bond motifs is 1. The monoisotopic (exact) mass is 456 g/mol. The highest BCUT2D eigenvalue weighted by Crippen LogP contribution is 2.44. The predicted molar refractivity (Wildman–Crippen MR) is 124 cm³/mol. The van der Waals surface area contributed by atoms with E-state index in [1.54, 1.807) is 0 Å². The van der Waals surface area contributed by atoms with E-state index in [9.17, 15) is 9.59 Å².